The number of hydrogen-bond donors (Lipinski definition) is 0. The quantitative estimate of drug-likeness (QED) is 0.690. The van der Waals surface area contributed by atoms with Crippen molar-refractivity contribution < 1.29 is 0 Å². The van der Waals surface area contributed by atoms with Crippen molar-refractivity contribution >= 4 is 11.6 Å². The molecule has 0 heterocycles. The summed E-state index contributed by atoms with van der Waals surface area (Å²) in [6, 6.07) is 14.6. The molecule has 0 amide bonds. The van der Waals surface area contributed by atoms with Crippen molar-refractivity contribution in [3.05, 3.63) is 58.6 Å². The average molecular weight is 231 g/mol. The molecule has 0 aliphatic rings. The Morgan fingerprint density at radius 2 is 1.75 bits per heavy atom. The molecule has 0 saturated carbocycles. The van der Waals surface area contributed by atoms with Gasteiger partial charge in [0, 0.05) is 5.02 Å². The molecule has 0 aromatic heterocycles. The zero-order chi connectivity index (χ0) is 11.5. The van der Waals surface area contributed by atoms with E-state index in [-0.39, 0.29) is 0 Å². The Balaban J connectivity index is 2.45. The molecule has 0 bridgehead atoms. The van der Waals surface area contributed by atoms with E-state index in [1.807, 2.05) is 18.2 Å². The van der Waals surface area contributed by atoms with E-state index in [1.165, 1.54) is 22.3 Å². The zero-order valence-electron chi connectivity index (χ0n) is 9.63. The molecule has 16 heavy (non-hydrogen) atoms. The fraction of sp³-hybridized carbons (Fsp3) is 0.200. The van der Waals surface area contributed by atoms with E-state index in [0.29, 0.717) is 0 Å². The highest BCUT2D eigenvalue weighted by molar-refractivity contribution is 6.30. The lowest BCUT2D eigenvalue weighted by molar-refractivity contribution is 1.11. The molecule has 2 aromatic rings. The SMILES string of the molecule is CCc1ccc(-c2cccc(Cl)c2)cc1C. The van der Waals surface area contributed by atoms with Gasteiger partial charge in [0.25, 0.3) is 0 Å². The van der Waals surface area contributed by atoms with E-state index in [2.05, 4.69) is 38.1 Å². The van der Waals surface area contributed by atoms with Crippen molar-refractivity contribution in [2.24, 2.45) is 0 Å². The second-order valence-corrected chi connectivity index (χ2v) is 4.44. The Kier molecular flexibility index (Phi) is 3.31. The lowest BCUT2D eigenvalue weighted by atomic mass is 9.99. The van der Waals surface area contributed by atoms with Crippen LogP contribution in [0.25, 0.3) is 11.1 Å². The number of rotatable bonds is 2. The van der Waals surface area contributed by atoms with Crippen LogP contribution in [0.2, 0.25) is 5.02 Å². The number of benzene rings is 2. The van der Waals surface area contributed by atoms with Crippen molar-refractivity contribution in [2.45, 2.75) is 20.3 Å². The molecule has 0 atom stereocenters. The van der Waals surface area contributed by atoms with Crippen LogP contribution in [0.15, 0.2) is 42.5 Å². The van der Waals surface area contributed by atoms with Crippen molar-refractivity contribution in [3.8, 4) is 11.1 Å². The van der Waals surface area contributed by atoms with Gasteiger partial charge in [-0.3, -0.25) is 0 Å². The first kappa shape index (κ1) is 11.2. The zero-order valence-corrected chi connectivity index (χ0v) is 10.4. The van der Waals surface area contributed by atoms with Gasteiger partial charge >= 0.3 is 0 Å². The van der Waals surface area contributed by atoms with Crippen molar-refractivity contribution in [1.82, 2.24) is 0 Å². The molecule has 0 aliphatic carbocycles. The van der Waals surface area contributed by atoms with Crippen molar-refractivity contribution in [2.75, 3.05) is 0 Å². The third-order valence-corrected chi connectivity index (χ3v) is 3.12. The van der Waals surface area contributed by atoms with E-state index in [4.69, 9.17) is 11.6 Å². The third kappa shape index (κ3) is 2.28. The molecule has 0 N–H and O–H groups in total. The minimum Gasteiger partial charge on any atom is -0.0843 e. The first-order valence-corrected chi connectivity index (χ1v) is 5.94. The highest BCUT2D eigenvalue weighted by Crippen LogP contribution is 2.24. The van der Waals surface area contributed by atoms with Crippen LogP contribution in [-0.4, -0.2) is 0 Å². The predicted molar refractivity (Wildman–Crippen MR) is 71.0 cm³/mol. The van der Waals surface area contributed by atoms with Gasteiger partial charge in [0.2, 0.25) is 0 Å². The Labute approximate surface area is 102 Å². The summed E-state index contributed by atoms with van der Waals surface area (Å²) in [5, 5.41) is 0.787. The average Bonchev–Trinajstić information content (AvgIpc) is 2.29. The topological polar surface area (TPSA) is 0 Å². The molecule has 0 spiro atoms. The van der Waals surface area contributed by atoms with Crippen LogP contribution < -0.4 is 0 Å². The largest absolute Gasteiger partial charge is 0.0843 e. The summed E-state index contributed by atoms with van der Waals surface area (Å²) < 4.78 is 0. The van der Waals surface area contributed by atoms with Crippen LogP contribution in [0.1, 0.15) is 18.1 Å². The van der Waals surface area contributed by atoms with Gasteiger partial charge in [-0.1, -0.05) is 48.9 Å². The normalized spacial score (nSPS) is 10.4. The molecular weight excluding hydrogens is 216 g/mol. The van der Waals surface area contributed by atoms with E-state index in [0.717, 1.165) is 11.4 Å². The number of halogens is 1. The van der Waals surface area contributed by atoms with Gasteiger partial charge in [-0.05, 0) is 47.7 Å². The maximum atomic E-state index is 5.99. The van der Waals surface area contributed by atoms with Gasteiger partial charge in [-0.15, -0.1) is 0 Å². The summed E-state index contributed by atoms with van der Waals surface area (Å²) in [5.41, 5.74) is 5.17. The molecule has 1 heteroatoms. The second kappa shape index (κ2) is 4.71. The van der Waals surface area contributed by atoms with Gasteiger partial charge in [0.05, 0.1) is 0 Å². The van der Waals surface area contributed by atoms with Crippen molar-refractivity contribution in [3.63, 3.8) is 0 Å². The van der Waals surface area contributed by atoms with Crippen LogP contribution in [0.3, 0.4) is 0 Å². The Hall–Kier alpha value is -1.27. The fourth-order valence-electron chi connectivity index (χ4n) is 1.94. The fourth-order valence-corrected chi connectivity index (χ4v) is 2.13. The minimum absolute atomic E-state index is 0.787. The minimum atomic E-state index is 0.787. The summed E-state index contributed by atoms with van der Waals surface area (Å²) in [5.74, 6) is 0. The van der Waals surface area contributed by atoms with Gasteiger partial charge in [0.1, 0.15) is 0 Å². The molecule has 0 radical (unpaired) electrons. The predicted octanol–water partition coefficient (Wildman–Crippen LogP) is 4.88. The maximum absolute atomic E-state index is 5.99. The summed E-state index contributed by atoms with van der Waals surface area (Å²) in [6.07, 6.45) is 1.08. The molecule has 2 rings (SSSR count). The maximum Gasteiger partial charge on any atom is 0.0412 e. The van der Waals surface area contributed by atoms with E-state index in [9.17, 15) is 0 Å². The van der Waals surface area contributed by atoms with Gasteiger partial charge in [0.15, 0.2) is 0 Å². The van der Waals surface area contributed by atoms with Crippen LogP contribution in [-0.2, 0) is 6.42 Å². The molecule has 0 nitrogen and oxygen atoms in total. The van der Waals surface area contributed by atoms with E-state index >= 15 is 0 Å². The first-order chi connectivity index (χ1) is 7.70. The Morgan fingerprint density at radius 3 is 2.38 bits per heavy atom. The summed E-state index contributed by atoms with van der Waals surface area (Å²) >= 11 is 5.99. The van der Waals surface area contributed by atoms with Gasteiger partial charge < -0.3 is 0 Å². The molecule has 2 aromatic carbocycles. The van der Waals surface area contributed by atoms with Crippen LogP contribution in [0.5, 0.6) is 0 Å². The van der Waals surface area contributed by atoms with Crippen LogP contribution in [0.4, 0.5) is 0 Å². The van der Waals surface area contributed by atoms with E-state index in [1.54, 1.807) is 0 Å². The first-order valence-electron chi connectivity index (χ1n) is 5.56. The Morgan fingerprint density at radius 1 is 1.00 bits per heavy atom. The molecule has 0 unspecified atom stereocenters. The summed E-state index contributed by atoms with van der Waals surface area (Å²) in [6.45, 7) is 4.34. The molecule has 0 fully saturated rings. The second-order valence-electron chi connectivity index (χ2n) is 4.01. The monoisotopic (exact) mass is 230 g/mol. The van der Waals surface area contributed by atoms with Crippen LogP contribution in [0, 0.1) is 6.92 Å². The molecule has 82 valence electrons. The molecule has 0 aliphatic heterocycles. The van der Waals surface area contributed by atoms with Crippen LogP contribution >= 0.6 is 11.6 Å². The summed E-state index contributed by atoms with van der Waals surface area (Å²) in [7, 11) is 0. The lowest BCUT2D eigenvalue weighted by Gasteiger charge is -2.07. The van der Waals surface area contributed by atoms with Gasteiger partial charge in [-0.25, -0.2) is 0 Å². The standard InChI is InChI=1S/C15H15Cl/c1-3-12-7-8-14(9-11(12)2)13-5-4-6-15(16)10-13/h4-10H,3H2,1-2H3. The smallest absolute Gasteiger partial charge is 0.0412 e. The third-order valence-electron chi connectivity index (χ3n) is 2.88. The molecular formula is C15H15Cl. The van der Waals surface area contributed by atoms with Gasteiger partial charge in [-0.2, -0.15) is 0 Å². The van der Waals surface area contributed by atoms with E-state index < -0.39 is 0 Å². The van der Waals surface area contributed by atoms with Crippen molar-refractivity contribution in [1.29, 1.82) is 0 Å². The molecule has 0 saturated heterocycles. The Bertz CT molecular complexity index is 501. The number of aryl methyl sites for hydroxylation is 2. The highest BCUT2D eigenvalue weighted by Gasteiger charge is 2.01. The highest BCUT2D eigenvalue weighted by atomic mass is 35.5. The number of hydrogen-bond acceptors (Lipinski definition) is 0. The summed E-state index contributed by atoms with van der Waals surface area (Å²) in [4.78, 5) is 0. The lowest BCUT2D eigenvalue weighted by Crippen LogP contribution is -1.87.